The zero-order valence-electron chi connectivity index (χ0n) is 39.1. The Morgan fingerprint density at radius 2 is 1.54 bits per heavy atom. The van der Waals surface area contributed by atoms with Crippen LogP contribution in [0.3, 0.4) is 0 Å². The molecular formula is C42H62N7O19P3. The van der Waals surface area contributed by atoms with Gasteiger partial charge < -0.3 is 56.0 Å². The van der Waals surface area contributed by atoms with Crippen LogP contribution in [0.1, 0.15) is 102 Å². The fourth-order valence-corrected chi connectivity index (χ4v) is 11.3. The first-order valence-electron chi connectivity index (χ1n) is 23.0. The van der Waals surface area contributed by atoms with E-state index < -0.39 is 101 Å². The number of nitrogens with zero attached hydrogens (tertiary/aromatic N) is 4. The second kappa shape index (κ2) is 23.0. The van der Waals surface area contributed by atoms with Crippen LogP contribution in [0.25, 0.3) is 11.2 Å². The quantitative estimate of drug-likeness (QED) is 0.0339. The zero-order chi connectivity index (χ0) is 52.0. The number of unbranched alkanes of at least 4 members (excludes halogenated alkanes) is 1. The van der Waals surface area contributed by atoms with Crippen LogP contribution in [0.15, 0.2) is 36.9 Å². The Balaban J connectivity index is 0.865. The number of carbonyl (C=O) groups is 4. The first-order chi connectivity index (χ1) is 33.2. The zero-order valence-corrected chi connectivity index (χ0v) is 41.8. The summed E-state index contributed by atoms with van der Waals surface area (Å²) in [5.41, 5.74) is 5.77. The molecule has 71 heavy (non-hydrogen) atoms. The van der Waals surface area contributed by atoms with Crippen LogP contribution in [0.5, 0.6) is 0 Å². The third kappa shape index (κ3) is 15.5. The number of aliphatic hydroxyl groups excluding tert-OH is 2. The lowest BCUT2D eigenvalue weighted by Crippen LogP contribution is -2.46. The van der Waals surface area contributed by atoms with Crippen molar-refractivity contribution in [2.75, 3.05) is 32.0 Å². The second-order valence-corrected chi connectivity index (χ2v) is 23.2. The number of nitrogens with one attached hydrogen (secondary N) is 2. The van der Waals surface area contributed by atoms with E-state index >= 15 is 0 Å². The molecular weight excluding hydrogens is 999 g/mol. The minimum atomic E-state index is -5.60. The summed E-state index contributed by atoms with van der Waals surface area (Å²) in [5.74, 6) is -2.10. The number of Topliss-reactive ketones (excluding diaryl/α,β-unsaturated/α-hetero) is 1. The maximum Gasteiger partial charge on any atom is 0.481 e. The lowest BCUT2D eigenvalue weighted by Gasteiger charge is -2.30. The van der Waals surface area contributed by atoms with Gasteiger partial charge in [0.15, 0.2) is 17.7 Å². The van der Waals surface area contributed by atoms with Gasteiger partial charge in [0, 0.05) is 36.8 Å². The molecule has 3 fully saturated rings. The Hall–Kier alpha value is -4.10. The number of hydrogen-bond acceptors (Lipinski definition) is 18. The molecule has 6 rings (SSSR count). The van der Waals surface area contributed by atoms with E-state index in [-0.39, 0.29) is 48.7 Å². The average Bonchev–Trinajstić information content (AvgIpc) is 4.20. The molecule has 29 heteroatoms. The standard InChI is InChI=1S/C42H62N7O19P3/c1-40(2,23-65-71(62,63)68-70(60,61)64-22-28-33(67-69(57,58)59)32(52)38(66-28)49-25-48-31-35(43)46-24-47-36(31)49)34(53)37(54)45-20-12-30(51)44-19-11-29(50)41(15-16-41)14-6-10-27-9-5-8-26(21-27)7-3-4-13-42(17-18-42)39(55)56/h5,8-9,21,24-25,28,32-34,38,52-53H,3-4,6-7,10-20,22-23H2,1-2H3,(H,44,51)(H,45,54)(H,55,56)(H,60,61)(H,62,63)(H2,43,46,47)(H2,57,58,59). The molecule has 1 saturated heterocycles. The maximum atomic E-state index is 13.1. The van der Waals surface area contributed by atoms with E-state index in [4.69, 9.17) is 19.5 Å². The Bertz CT molecular complexity index is 2550. The molecule has 394 valence electrons. The van der Waals surface area contributed by atoms with E-state index in [0.717, 1.165) is 87.9 Å². The third-order valence-corrected chi connectivity index (χ3v) is 16.1. The Labute approximate surface area is 407 Å². The molecule has 2 amide bonds. The molecule has 3 aliphatic rings. The Morgan fingerprint density at radius 1 is 0.901 bits per heavy atom. The highest BCUT2D eigenvalue weighted by Gasteiger charge is 2.51. The molecule has 1 aliphatic heterocycles. The van der Waals surface area contributed by atoms with Crippen molar-refractivity contribution >= 4 is 64.0 Å². The average molecular weight is 1060 g/mol. The van der Waals surface area contributed by atoms with Gasteiger partial charge in [-0.05, 0) is 75.3 Å². The summed E-state index contributed by atoms with van der Waals surface area (Å²) in [7, 11) is -16.5. The minimum absolute atomic E-state index is 0.0258. The first kappa shape index (κ1) is 56.2. The van der Waals surface area contributed by atoms with E-state index in [1.165, 1.54) is 25.0 Å². The monoisotopic (exact) mass is 1060 g/mol. The molecule has 0 spiro atoms. The number of nitrogens with two attached hydrogens (primary N) is 1. The molecule has 1 aromatic carbocycles. The van der Waals surface area contributed by atoms with Crippen LogP contribution < -0.4 is 16.4 Å². The highest BCUT2D eigenvalue weighted by molar-refractivity contribution is 7.61. The summed E-state index contributed by atoms with van der Waals surface area (Å²) in [6, 6.07) is 8.36. The number of ketones is 1. The molecule has 2 saturated carbocycles. The number of carboxylic acid groups (broad SMARTS) is 1. The van der Waals surface area contributed by atoms with Gasteiger partial charge in [-0.15, -0.1) is 0 Å². The number of anilines is 1. The van der Waals surface area contributed by atoms with Gasteiger partial charge in [0.25, 0.3) is 0 Å². The number of aromatic nitrogens is 4. The summed E-state index contributed by atoms with van der Waals surface area (Å²) in [6.07, 6.45) is 2.06. The summed E-state index contributed by atoms with van der Waals surface area (Å²) >= 11 is 0. The lowest BCUT2D eigenvalue weighted by atomic mass is 9.87. The molecule has 2 aliphatic carbocycles. The van der Waals surface area contributed by atoms with Crippen LogP contribution in [0.2, 0.25) is 0 Å². The van der Waals surface area contributed by atoms with E-state index in [2.05, 4.69) is 52.6 Å². The van der Waals surface area contributed by atoms with Crippen molar-refractivity contribution < 1.29 is 90.4 Å². The van der Waals surface area contributed by atoms with Gasteiger partial charge in [-0.1, -0.05) is 44.5 Å². The van der Waals surface area contributed by atoms with Crippen LogP contribution >= 0.6 is 23.5 Å². The van der Waals surface area contributed by atoms with Crippen LogP contribution in [0, 0.1) is 16.2 Å². The SMILES string of the molecule is CC(C)(COP(=O)(O)OP(=O)(O)OCC1OC(n2cnc3c(N)ncnc32)C(O)C1OP(=O)(O)O)C(O)C(=O)NCCC(=O)NCCC(=O)C1(CCCc2cccc(CCCCC3(C(=O)O)CC3)c2)CC1. The largest absolute Gasteiger partial charge is 0.481 e. The summed E-state index contributed by atoms with van der Waals surface area (Å²) in [4.78, 5) is 101. The number of imidazole rings is 1. The Morgan fingerprint density at radius 3 is 2.18 bits per heavy atom. The molecule has 3 aromatic rings. The van der Waals surface area contributed by atoms with Crippen molar-refractivity contribution in [2.24, 2.45) is 16.2 Å². The second-order valence-electron chi connectivity index (χ2n) is 19.0. The number of benzene rings is 1. The number of carboxylic acids is 1. The number of amides is 2. The summed E-state index contributed by atoms with van der Waals surface area (Å²) in [5, 5.41) is 36.1. The number of nitrogen functional groups attached to an aromatic ring is 1. The number of phosphoric ester groups is 3. The molecule has 7 atom stereocenters. The molecule has 7 unspecified atom stereocenters. The van der Waals surface area contributed by atoms with Gasteiger partial charge in [-0.25, -0.2) is 28.6 Å². The van der Waals surface area contributed by atoms with Gasteiger partial charge >= 0.3 is 29.4 Å². The smallest absolute Gasteiger partial charge is 0.481 e. The van der Waals surface area contributed by atoms with Crippen LogP contribution in [-0.2, 0) is 68.3 Å². The number of hydrogen-bond donors (Lipinski definition) is 10. The lowest BCUT2D eigenvalue weighted by molar-refractivity contribution is -0.143. The molecule has 0 bridgehead atoms. The summed E-state index contributed by atoms with van der Waals surface area (Å²) < 4.78 is 62.6. The minimum Gasteiger partial charge on any atom is -0.481 e. The number of fused-ring (bicyclic) bond motifs is 1. The molecule has 2 aromatic heterocycles. The number of ether oxygens (including phenoxy) is 1. The number of carbonyl (C=O) groups excluding carboxylic acids is 3. The first-order valence-corrected chi connectivity index (χ1v) is 27.5. The number of phosphoric acid groups is 3. The predicted octanol–water partition coefficient (Wildman–Crippen LogP) is 2.74. The fraction of sp³-hybridized carbons (Fsp3) is 0.643. The number of aryl methyl sites for hydroxylation is 2. The van der Waals surface area contributed by atoms with Crippen LogP contribution in [-0.4, -0.2) is 129 Å². The van der Waals surface area contributed by atoms with Crippen molar-refractivity contribution in [3.63, 3.8) is 0 Å². The third-order valence-electron chi connectivity index (χ3n) is 13.0. The topological polar surface area (TPSA) is 401 Å². The van der Waals surface area contributed by atoms with E-state index in [1.54, 1.807) is 0 Å². The van der Waals surface area contributed by atoms with Gasteiger partial charge in [-0.3, -0.25) is 37.3 Å². The van der Waals surface area contributed by atoms with E-state index in [0.29, 0.717) is 0 Å². The summed E-state index contributed by atoms with van der Waals surface area (Å²) in [6.45, 7) is 0.346. The van der Waals surface area contributed by atoms with Crippen molar-refractivity contribution in [1.82, 2.24) is 30.2 Å². The van der Waals surface area contributed by atoms with Crippen molar-refractivity contribution in [2.45, 2.75) is 128 Å². The molecule has 0 radical (unpaired) electrons. The normalized spacial score (nSPS) is 22.5. The van der Waals surface area contributed by atoms with Gasteiger partial charge in [0.1, 0.15) is 42.0 Å². The van der Waals surface area contributed by atoms with E-state index in [1.807, 2.05) is 6.07 Å². The van der Waals surface area contributed by atoms with Crippen molar-refractivity contribution in [1.29, 1.82) is 0 Å². The van der Waals surface area contributed by atoms with Crippen LogP contribution in [0.4, 0.5) is 5.82 Å². The molecule has 3 heterocycles. The van der Waals surface area contributed by atoms with Crippen molar-refractivity contribution in [3.8, 4) is 0 Å². The highest BCUT2D eigenvalue weighted by Crippen LogP contribution is 2.61. The fourth-order valence-electron chi connectivity index (χ4n) is 8.43. The van der Waals surface area contributed by atoms with Gasteiger partial charge in [0.2, 0.25) is 11.8 Å². The van der Waals surface area contributed by atoms with Gasteiger partial charge in [0.05, 0.1) is 25.0 Å². The van der Waals surface area contributed by atoms with Crippen molar-refractivity contribution in [3.05, 3.63) is 48.0 Å². The Kier molecular flexibility index (Phi) is 18.2. The molecule has 26 nitrogen and oxygen atoms in total. The highest BCUT2D eigenvalue weighted by atomic mass is 31.3. The van der Waals surface area contributed by atoms with Gasteiger partial charge in [-0.2, -0.15) is 4.31 Å². The number of rotatable bonds is 30. The number of aliphatic hydroxyl groups is 2. The maximum absolute atomic E-state index is 13.1. The molecule has 11 N–H and O–H groups in total. The predicted molar refractivity (Wildman–Crippen MR) is 247 cm³/mol. The number of aliphatic carboxylic acids is 1. The van der Waals surface area contributed by atoms with E-state index in [9.17, 15) is 67.8 Å².